The molecule has 1 saturated carbocycles. The first kappa shape index (κ1) is 15.7. The summed E-state index contributed by atoms with van der Waals surface area (Å²) in [5, 5.41) is 0.311. The number of carbonyl (C=O) groups is 1. The van der Waals surface area contributed by atoms with E-state index in [1.165, 1.54) is 18.5 Å². The largest absolute Gasteiger partial charge is 0.342 e. The van der Waals surface area contributed by atoms with Crippen molar-refractivity contribution in [2.24, 2.45) is 5.92 Å². The van der Waals surface area contributed by atoms with Gasteiger partial charge in [0, 0.05) is 37.4 Å². The highest BCUT2D eigenvalue weighted by atomic mass is 35.5. The average molecular weight is 343 g/mol. The molecule has 0 unspecified atom stereocenters. The van der Waals surface area contributed by atoms with Crippen molar-refractivity contribution in [2.75, 3.05) is 19.3 Å². The van der Waals surface area contributed by atoms with Crippen molar-refractivity contribution in [2.45, 2.75) is 36.5 Å². The molecule has 0 radical (unpaired) electrons. The van der Waals surface area contributed by atoms with E-state index >= 15 is 0 Å². The van der Waals surface area contributed by atoms with Crippen molar-refractivity contribution in [3.05, 3.63) is 23.0 Å². The van der Waals surface area contributed by atoms with E-state index in [-0.39, 0.29) is 22.6 Å². The summed E-state index contributed by atoms with van der Waals surface area (Å²) in [4.78, 5) is 18.6. The Labute approximate surface area is 135 Å². The van der Waals surface area contributed by atoms with Crippen LogP contribution in [0, 0.1) is 5.92 Å². The zero-order valence-corrected chi connectivity index (χ0v) is 14.0. The molecule has 3 rings (SSSR count). The van der Waals surface area contributed by atoms with Gasteiger partial charge in [0.15, 0.2) is 9.84 Å². The Kier molecular flexibility index (Phi) is 4.16. The Balaban J connectivity index is 1.88. The minimum absolute atomic E-state index is 0.0431. The molecular formula is C15H19ClN2O3S. The summed E-state index contributed by atoms with van der Waals surface area (Å²) in [6.07, 6.45) is 6.32. The summed E-state index contributed by atoms with van der Waals surface area (Å²) >= 11 is 5.90. The molecule has 22 heavy (non-hydrogen) atoms. The number of aromatic nitrogens is 1. The highest BCUT2D eigenvalue weighted by Crippen LogP contribution is 2.35. The number of nitrogens with zero attached hydrogens (tertiary/aromatic N) is 2. The Morgan fingerprint density at radius 2 is 2.09 bits per heavy atom. The lowest BCUT2D eigenvalue weighted by Gasteiger charge is -2.33. The Bertz CT molecular complexity index is 701. The van der Waals surface area contributed by atoms with E-state index in [0.29, 0.717) is 17.3 Å². The molecule has 1 aromatic rings. The van der Waals surface area contributed by atoms with Crippen molar-refractivity contribution in [3.63, 3.8) is 0 Å². The number of carbonyl (C=O) groups excluding carboxylic acids is 1. The standard InChI is InChI=1S/C15H19ClN2O3S/c1-22(20,21)13-7-12(16)8-17-14(13)11-3-2-6-18(9-11)15(19)10-4-5-10/h7-8,10-11H,2-6,9H2,1H3/t11-/m1/s1. The zero-order chi connectivity index (χ0) is 15.9. The lowest BCUT2D eigenvalue weighted by atomic mass is 9.94. The van der Waals surface area contributed by atoms with E-state index in [9.17, 15) is 13.2 Å². The van der Waals surface area contributed by atoms with Crippen LogP contribution in [0.1, 0.15) is 37.3 Å². The summed E-state index contributed by atoms with van der Waals surface area (Å²) in [6, 6.07) is 1.46. The average Bonchev–Trinajstić information content (AvgIpc) is 3.30. The van der Waals surface area contributed by atoms with Crippen LogP contribution in [-0.2, 0) is 14.6 Å². The highest BCUT2D eigenvalue weighted by Gasteiger charge is 2.36. The quantitative estimate of drug-likeness (QED) is 0.845. The number of amides is 1. The summed E-state index contributed by atoms with van der Waals surface area (Å²) in [5.74, 6) is 0.351. The lowest BCUT2D eigenvalue weighted by molar-refractivity contribution is -0.133. The molecule has 1 saturated heterocycles. The molecule has 5 nitrogen and oxygen atoms in total. The Hall–Kier alpha value is -1.14. The number of piperidine rings is 1. The van der Waals surface area contributed by atoms with Crippen molar-refractivity contribution >= 4 is 27.3 Å². The molecule has 0 bridgehead atoms. The van der Waals surface area contributed by atoms with Crippen LogP contribution in [0.25, 0.3) is 0 Å². The maximum absolute atomic E-state index is 12.2. The van der Waals surface area contributed by atoms with Gasteiger partial charge in [-0.3, -0.25) is 9.78 Å². The summed E-state index contributed by atoms with van der Waals surface area (Å²) < 4.78 is 24.0. The number of pyridine rings is 1. The number of halogens is 1. The van der Waals surface area contributed by atoms with Crippen molar-refractivity contribution in [3.8, 4) is 0 Å². The minimum atomic E-state index is -3.40. The van der Waals surface area contributed by atoms with E-state index in [1.807, 2.05) is 4.90 Å². The second kappa shape index (κ2) is 5.81. The van der Waals surface area contributed by atoms with Crippen LogP contribution in [0.5, 0.6) is 0 Å². The molecule has 7 heteroatoms. The highest BCUT2D eigenvalue weighted by molar-refractivity contribution is 7.90. The van der Waals surface area contributed by atoms with Gasteiger partial charge in [0.1, 0.15) is 0 Å². The smallest absolute Gasteiger partial charge is 0.225 e. The first-order chi connectivity index (χ1) is 10.4. The molecule has 1 aliphatic heterocycles. The van der Waals surface area contributed by atoms with Gasteiger partial charge < -0.3 is 4.90 Å². The SMILES string of the molecule is CS(=O)(=O)c1cc(Cl)cnc1[C@@H]1CCCN(C(=O)C2CC2)C1. The molecule has 1 atom stereocenters. The maximum atomic E-state index is 12.2. The van der Waals surface area contributed by atoms with Gasteiger partial charge in [-0.1, -0.05) is 11.6 Å². The van der Waals surface area contributed by atoms with Crippen LogP contribution in [0.4, 0.5) is 0 Å². The lowest BCUT2D eigenvalue weighted by Crippen LogP contribution is -2.40. The molecular weight excluding hydrogens is 324 g/mol. The Morgan fingerprint density at radius 3 is 2.73 bits per heavy atom. The molecule has 2 heterocycles. The first-order valence-corrected chi connectivity index (χ1v) is 9.77. The molecule has 1 aliphatic carbocycles. The molecule has 2 fully saturated rings. The van der Waals surface area contributed by atoms with Gasteiger partial charge in [0.25, 0.3) is 0 Å². The molecule has 0 N–H and O–H groups in total. The van der Waals surface area contributed by atoms with Crippen LogP contribution in [0.3, 0.4) is 0 Å². The second-order valence-corrected chi connectivity index (χ2v) is 8.63. The van der Waals surface area contributed by atoms with Crippen LogP contribution in [0.15, 0.2) is 17.2 Å². The molecule has 120 valence electrons. The van der Waals surface area contributed by atoms with Gasteiger partial charge in [-0.2, -0.15) is 0 Å². The van der Waals surface area contributed by atoms with Crippen molar-refractivity contribution in [1.82, 2.24) is 9.88 Å². The van der Waals surface area contributed by atoms with Gasteiger partial charge >= 0.3 is 0 Å². The van der Waals surface area contributed by atoms with Crippen molar-refractivity contribution in [1.29, 1.82) is 0 Å². The molecule has 1 aromatic heterocycles. The van der Waals surface area contributed by atoms with E-state index in [0.717, 1.165) is 32.2 Å². The van der Waals surface area contributed by atoms with E-state index in [1.54, 1.807) is 0 Å². The number of hydrogen-bond donors (Lipinski definition) is 0. The van der Waals surface area contributed by atoms with Gasteiger partial charge in [0.2, 0.25) is 5.91 Å². The normalized spacial score (nSPS) is 22.6. The van der Waals surface area contributed by atoms with E-state index in [4.69, 9.17) is 11.6 Å². The zero-order valence-electron chi connectivity index (χ0n) is 12.5. The van der Waals surface area contributed by atoms with Gasteiger partial charge in [0.05, 0.1) is 15.6 Å². The van der Waals surface area contributed by atoms with Crippen LogP contribution in [-0.4, -0.2) is 43.6 Å². The van der Waals surface area contributed by atoms with Crippen LogP contribution < -0.4 is 0 Å². The van der Waals surface area contributed by atoms with Crippen LogP contribution >= 0.6 is 11.6 Å². The fourth-order valence-corrected chi connectivity index (χ4v) is 4.19. The fraction of sp³-hybridized carbons (Fsp3) is 0.600. The van der Waals surface area contributed by atoms with Gasteiger partial charge in [-0.25, -0.2) is 8.42 Å². The molecule has 0 aromatic carbocycles. The van der Waals surface area contributed by atoms with Gasteiger partial charge in [-0.15, -0.1) is 0 Å². The van der Waals surface area contributed by atoms with E-state index in [2.05, 4.69) is 4.98 Å². The predicted octanol–water partition coefficient (Wildman–Crippen LogP) is 2.25. The summed E-state index contributed by atoms with van der Waals surface area (Å²) in [5.41, 5.74) is 0.542. The molecule has 1 amide bonds. The third-order valence-electron chi connectivity index (χ3n) is 4.29. The van der Waals surface area contributed by atoms with E-state index < -0.39 is 9.84 Å². The minimum Gasteiger partial charge on any atom is -0.342 e. The molecule has 2 aliphatic rings. The summed E-state index contributed by atoms with van der Waals surface area (Å²) in [6.45, 7) is 1.31. The van der Waals surface area contributed by atoms with Gasteiger partial charge in [-0.05, 0) is 31.7 Å². The predicted molar refractivity (Wildman–Crippen MR) is 83.6 cm³/mol. The second-order valence-electron chi connectivity index (χ2n) is 6.21. The van der Waals surface area contributed by atoms with Crippen molar-refractivity contribution < 1.29 is 13.2 Å². The number of likely N-dealkylation sites (tertiary alicyclic amines) is 1. The Morgan fingerprint density at radius 1 is 1.36 bits per heavy atom. The third kappa shape index (κ3) is 3.27. The third-order valence-corrected chi connectivity index (χ3v) is 5.63. The fourth-order valence-electron chi connectivity index (χ4n) is 3.02. The number of hydrogen-bond acceptors (Lipinski definition) is 4. The molecule has 0 spiro atoms. The van der Waals surface area contributed by atoms with Crippen LogP contribution in [0.2, 0.25) is 5.02 Å². The monoisotopic (exact) mass is 342 g/mol. The topological polar surface area (TPSA) is 67.3 Å². The maximum Gasteiger partial charge on any atom is 0.225 e. The number of rotatable bonds is 3. The summed E-state index contributed by atoms with van der Waals surface area (Å²) in [7, 11) is -3.40. The first-order valence-electron chi connectivity index (χ1n) is 7.50. The number of sulfone groups is 1.